The molecule has 1 heterocycles. The maximum absolute atomic E-state index is 14.1. The van der Waals surface area contributed by atoms with Crippen molar-refractivity contribution in [2.75, 3.05) is 0 Å². The van der Waals surface area contributed by atoms with Gasteiger partial charge in [0.05, 0.1) is 16.6 Å². The summed E-state index contributed by atoms with van der Waals surface area (Å²) < 4.78 is 16.0. The molecular formula is C16H16FN3. The van der Waals surface area contributed by atoms with Crippen LogP contribution in [-0.4, -0.2) is 9.55 Å². The number of aromatic nitrogens is 2. The molecule has 3 rings (SSSR count). The lowest BCUT2D eigenvalue weighted by atomic mass is 10.1. The summed E-state index contributed by atoms with van der Waals surface area (Å²) in [6, 6.07) is 10.9. The van der Waals surface area contributed by atoms with E-state index in [1.165, 1.54) is 6.07 Å². The van der Waals surface area contributed by atoms with Crippen LogP contribution in [0.1, 0.15) is 11.1 Å². The number of halogens is 1. The number of imidazole rings is 1. The highest BCUT2D eigenvalue weighted by Gasteiger charge is 2.15. The van der Waals surface area contributed by atoms with E-state index in [4.69, 9.17) is 5.73 Å². The second kappa shape index (κ2) is 4.72. The zero-order valence-corrected chi connectivity index (χ0v) is 11.5. The van der Waals surface area contributed by atoms with Gasteiger partial charge in [0.15, 0.2) is 0 Å². The number of para-hydroxylation sites is 1. The fourth-order valence-electron chi connectivity index (χ4n) is 2.49. The average Bonchev–Trinajstić information content (AvgIpc) is 2.79. The van der Waals surface area contributed by atoms with Gasteiger partial charge in [0.2, 0.25) is 0 Å². The summed E-state index contributed by atoms with van der Waals surface area (Å²) in [5.41, 5.74) is 10.0. The molecule has 0 aliphatic rings. The molecule has 0 atom stereocenters. The first-order valence-electron chi connectivity index (χ1n) is 6.52. The molecule has 0 spiro atoms. The van der Waals surface area contributed by atoms with Crippen molar-refractivity contribution in [3.63, 3.8) is 0 Å². The molecule has 4 heteroatoms. The quantitative estimate of drug-likeness (QED) is 0.776. The lowest BCUT2D eigenvalue weighted by Gasteiger charge is -2.05. The van der Waals surface area contributed by atoms with Crippen molar-refractivity contribution >= 4 is 11.0 Å². The van der Waals surface area contributed by atoms with Crippen LogP contribution in [0.15, 0.2) is 36.4 Å². The molecule has 20 heavy (non-hydrogen) atoms. The van der Waals surface area contributed by atoms with Crippen LogP contribution in [0.2, 0.25) is 0 Å². The molecule has 0 saturated carbocycles. The largest absolute Gasteiger partial charge is 0.327 e. The Labute approximate surface area is 116 Å². The molecule has 0 bridgehead atoms. The highest BCUT2D eigenvalue weighted by atomic mass is 19.1. The Morgan fingerprint density at radius 3 is 2.80 bits per heavy atom. The number of aryl methyl sites for hydroxylation is 2. The number of benzene rings is 2. The summed E-state index contributed by atoms with van der Waals surface area (Å²) in [6.07, 6.45) is 0. The van der Waals surface area contributed by atoms with Crippen LogP contribution in [0.3, 0.4) is 0 Å². The van der Waals surface area contributed by atoms with Crippen LogP contribution < -0.4 is 5.73 Å². The highest BCUT2D eigenvalue weighted by molar-refractivity contribution is 5.83. The zero-order valence-electron chi connectivity index (χ0n) is 11.5. The summed E-state index contributed by atoms with van der Waals surface area (Å²) in [5.74, 6) is 0.366. The predicted molar refractivity (Wildman–Crippen MR) is 78.7 cm³/mol. The number of hydrogen-bond acceptors (Lipinski definition) is 2. The first-order valence-corrected chi connectivity index (χ1v) is 6.52. The summed E-state index contributed by atoms with van der Waals surface area (Å²) in [4.78, 5) is 4.60. The van der Waals surface area contributed by atoms with Crippen molar-refractivity contribution < 1.29 is 4.39 Å². The number of nitrogens with zero attached hydrogens (tertiary/aromatic N) is 2. The second-order valence-electron chi connectivity index (χ2n) is 4.97. The molecule has 0 saturated heterocycles. The molecule has 0 radical (unpaired) electrons. The third-order valence-electron chi connectivity index (χ3n) is 3.58. The standard InChI is InChI=1S/C16H16FN3/c1-10-6-7-13(17)12(8-10)16-19-15-11(9-18)4-3-5-14(15)20(16)2/h3-8H,9,18H2,1-2H3. The van der Waals surface area contributed by atoms with E-state index in [-0.39, 0.29) is 5.82 Å². The van der Waals surface area contributed by atoms with Gasteiger partial charge in [-0.25, -0.2) is 9.37 Å². The van der Waals surface area contributed by atoms with E-state index < -0.39 is 0 Å². The van der Waals surface area contributed by atoms with E-state index in [9.17, 15) is 4.39 Å². The van der Waals surface area contributed by atoms with Gasteiger partial charge in [-0.1, -0.05) is 23.8 Å². The van der Waals surface area contributed by atoms with Crippen LogP contribution in [0.4, 0.5) is 4.39 Å². The Bertz CT molecular complexity index is 790. The first-order chi connectivity index (χ1) is 9.61. The zero-order chi connectivity index (χ0) is 14.3. The van der Waals surface area contributed by atoms with Crippen molar-refractivity contribution in [2.24, 2.45) is 12.8 Å². The molecule has 2 aromatic carbocycles. The molecule has 3 nitrogen and oxygen atoms in total. The summed E-state index contributed by atoms with van der Waals surface area (Å²) in [7, 11) is 1.90. The van der Waals surface area contributed by atoms with Crippen LogP contribution in [-0.2, 0) is 13.6 Å². The van der Waals surface area contributed by atoms with Crippen LogP contribution >= 0.6 is 0 Å². The maximum Gasteiger partial charge on any atom is 0.143 e. The van der Waals surface area contributed by atoms with Crippen LogP contribution in [0.25, 0.3) is 22.4 Å². The topological polar surface area (TPSA) is 43.8 Å². The van der Waals surface area contributed by atoms with Gasteiger partial charge in [-0.05, 0) is 30.7 Å². The fraction of sp³-hybridized carbons (Fsp3) is 0.188. The van der Waals surface area contributed by atoms with Gasteiger partial charge >= 0.3 is 0 Å². The van der Waals surface area contributed by atoms with Gasteiger partial charge in [0.25, 0.3) is 0 Å². The van der Waals surface area contributed by atoms with Crippen molar-refractivity contribution in [3.8, 4) is 11.4 Å². The highest BCUT2D eigenvalue weighted by Crippen LogP contribution is 2.28. The molecule has 3 aromatic rings. The molecule has 2 N–H and O–H groups in total. The van der Waals surface area contributed by atoms with Gasteiger partial charge in [0, 0.05) is 13.6 Å². The smallest absolute Gasteiger partial charge is 0.143 e. The van der Waals surface area contributed by atoms with E-state index in [2.05, 4.69) is 4.98 Å². The monoisotopic (exact) mass is 269 g/mol. The van der Waals surface area contributed by atoms with E-state index in [1.54, 1.807) is 6.07 Å². The number of fused-ring (bicyclic) bond motifs is 1. The van der Waals surface area contributed by atoms with Crippen molar-refractivity contribution in [3.05, 3.63) is 53.3 Å². The normalized spacial score (nSPS) is 11.2. The minimum Gasteiger partial charge on any atom is -0.327 e. The molecule has 0 amide bonds. The van der Waals surface area contributed by atoms with Gasteiger partial charge in [-0.15, -0.1) is 0 Å². The third kappa shape index (κ3) is 1.89. The van der Waals surface area contributed by atoms with E-state index >= 15 is 0 Å². The summed E-state index contributed by atoms with van der Waals surface area (Å²) in [5, 5.41) is 0. The molecule has 0 unspecified atom stereocenters. The first kappa shape index (κ1) is 12.8. The van der Waals surface area contributed by atoms with Gasteiger partial charge < -0.3 is 10.3 Å². The Morgan fingerprint density at radius 1 is 1.25 bits per heavy atom. The van der Waals surface area contributed by atoms with Crippen molar-refractivity contribution in [2.45, 2.75) is 13.5 Å². The third-order valence-corrected chi connectivity index (χ3v) is 3.58. The Morgan fingerprint density at radius 2 is 2.05 bits per heavy atom. The number of hydrogen-bond donors (Lipinski definition) is 1. The molecule has 0 aliphatic heterocycles. The minimum absolute atomic E-state index is 0.261. The minimum atomic E-state index is -0.261. The number of rotatable bonds is 2. The molecular weight excluding hydrogens is 253 g/mol. The van der Waals surface area contributed by atoms with Crippen LogP contribution in [0.5, 0.6) is 0 Å². The van der Waals surface area contributed by atoms with Gasteiger partial charge in [0.1, 0.15) is 11.6 Å². The molecule has 1 aromatic heterocycles. The van der Waals surface area contributed by atoms with E-state index in [0.717, 1.165) is 22.2 Å². The van der Waals surface area contributed by atoms with Crippen LogP contribution in [0, 0.1) is 12.7 Å². The Balaban J connectivity index is 2.32. The molecule has 102 valence electrons. The summed E-state index contributed by atoms with van der Waals surface area (Å²) >= 11 is 0. The summed E-state index contributed by atoms with van der Waals surface area (Å²) in [6.45, 7) is 2.36. The lowest BCUT2D eigenvalue weighted by molar-refractivity contribution is 0.628. The van der Waals surface area contributed by atoms with Crippen molar-refractivity contribution in [1.82, 2.24) is 9.55 Å². The number of nitrogens with two attached hydrogens (primary N) is 1. The average molecular weight is 269 g/mol. The fourth-order valence-corrected chi connectivity index (χ4v) is 2.49. The van der Waals surface area contributed by atoms with Gasteiger partial charge in [-0.2, -0.15) is 0 Å². The Kier molecular flexibility index (Phi) is 3.03. The van der Waals surface area contributed by atoms with Gasteiger partial charge in [-0.3, -0.25) is 0 Å². The van der Waals surface area contributed by atoms with E-state index in [0.29, 0.717) is 17.9 Å². The van der Waals surface area contributed by atoms with E-state index in [1.807, 2.05) is 42.8 Å². The maximum atomic E-state index is 14.1. The molecule has 0 aliphatic carbocycles. The lowest BCUT2D eigenvalue weighted by Crippen LogP contribution is -1.97. The predicted octanol–water partition coefficient (Wildman–Crippen LogP) is 3.15. The second-order valence-corrected chi connectivity index (χ2v) is 4.97. The SMILES string of the molecule is Cc1ccc(F)c(-c2nc3c(CN)cccc3n2C)c1. The Hall–Kier alpha value is -2.20. The molecule has 0 fully saturated rings. The van der Waals surface area contributed by atoms with Crippen molar-refractivity contribution in [1.29, 1.82) is 0 Å².